The molecule has 10 nitrogen and oxygen atoms in total. The minimum absolute atomic E-state index is 0.0168. The fraction of sp³-hybridized carbons (Fsp3) is 0.136. The third-order valence-corrected chi connectivity index (χ3v) is 5.89. The van der Waals surface area contributed by atoms with Gasteiger partial charge in [0.25, 0.3) is 10.0 Å². The number of nitrogens with zero attached hydrogens (tertiary/aromatic N) is 2. The molecule has 3 aromatic rings. The van der Waals surface area contributed by atoms with E-state index in [0.717, 1.165) is 3.97 Å². The van der Waals surface area contributed by atoms with Crippen molar-refractivity contribution in [1.29, 1.82) is 0 Å². The summed E-state index contributed by atoms with van der Waals surface area (Å²) in [5.41, 5.74) is 0.971. The number of methoxy groups -OCH3 is 1. The van der Waals surface area contributed by atoms with Crippen LogP contribution in [0.1, 0.15) is 5.56 Å². The fourth-order valence-electron chi connectivity index (χ4n) is 2.86. The molecule has 2 heterocycles. The van der Waals surface area contributed by atoms with Crippen LogP contribution in [0, 0.1) is 5.82 Å². The van der Waals surface area contributed by atoms with Crippen LogP contribution in [0.5, 0.6) is 5.75 Å². The van der Waals surface area contributed by atoms with Crippen molar-refractivity contribution in [3.8, 4) is 17.0 Å². The van der Waals surface area contributed by atoms with Crippen LogP contribution in [-0.4, -0.2) is 53.7 Å². The average molecular weight is 491 g/mol. The molecular formula is C22H22FN3O7S. The molecular weight excluding hydrogens is 469 g/mol. The number of aliphatic carboxylic acids is 2. The number of aromatic nitrogens is 2. The van der Waals surface area contributed by atoms with Gasteiger partial charge in [0.1, 0.15) is 16.5 Å². The van der Waals surface area contributed by atoms with Gasteiger partial charge >= 0.3 is 11.9 Å². The van der Waals surface area contributed by atoms with E-state index in [4.69, 9.17) is 14.9 Å². The van der Waals surface area contributed by atoms with Crippen molar-refractivity contribution in [1.82, 2.24) is 14.3 Å². The number of ether oxygens (including phenoxy) is 1. The smallest absolute Gasteiger partial charge is 0.328 e. The number of carboxylic acids is 2. The van der Waals surface area contributed by atoms with Crippen molar-refractivity contribution < 1.29 is 37.3 Å². The number of hydrogen-bond acceptors (Lipinski definition) is 7. The van der Waals surface area contributed by atoms with Crippen molar-refractivity contribution >= 4 is 22.0 Å². The molecule has 0 fully saturated rings. The van der Waals surface area contributed by atoms with Gasteiger partial charge in [0.15, 0.2) is 0 Å². The first-order chi connectivity index (χ1) is 16.1. The van der Waals surface area contributed by atoms with Gasteiger partial charge in [-0.15, -0.1) is 0 Å². The lowest BCUT2D eigenvalue weighted by molar-refractivity contribution is -0.134. The highest BCUT2D eigenvalue weighted by atomic mass is 32.2. The van der Waals surface area contributed by atoms with Gasteiger partial charge in [-0.05, 0) is 42.9 Å². The van der Waals surface area contributed by atoms with Crippen LogP contribution in [0.4, 0.5) is 4.39 Å². The van der Waals surface area contributed by atoms with Crippen LogP contribution in [0.2, 0.25) is 0 Å². The Morgan fingerprint density at radius 3 is 2.38 bits per heavy atom. The van der Waals surface area contributed by atoms with Gasteiger partial charge in [-0.2, -0.15) is 0 Å². The molecule has 0 aliphatic heterocycles. The first kappa shape index (κ1) is 26.2. The van der Waals surface area contributed by atoms with Crippen molar-refractivity contribution in [3.05, 3.63) is 78.5 Å². The van der Waals surface area contributed by atoms with Crippen LogP contribution in [0.15, 0.2) is 72.0 Å². The summed E-state index contributed by atoms with van der Waals surface area (Å²) in [5, 5.41) is 18.6. The Morgan fingerprint density at radius 1 is 1.18 bits per heavy atom. The van der Waals surface area contributed by atoms with Gasteiger partial charge < -0.3 is 20.3 Å². The van der Waals surface area contributed by atoms with Crippen molar-refractivity contribution in [2.24, 2.45) is 0 Å². The number of pyridine rings is 1. The minimum Gasteiger partial charge on any atom is -0.496 e. The quantitative estimate of drug-likeness (QED) is 0.404. The van der Waals surface area contributed by atoms with E-state index >= 15 is 0 Å². The standard InChI is InChI=1S/C18H18FN3O3S.C4H4O4/c1-20-10-13-9-16(18-15(19)6-3-7-17(18)25-2)22(12-13)26(23,24)14-5-4-8-21-11-14;5-3(6)1-2-4(7)8/h3-9,11-12,20H,10H2,1-2H3;1-2H,(H,5,6)(H,7,8). The highest BCUT2D eigenvalue weighted by molar-refractivity contribution is 7.90. The van der Waals surface area contributed by atoms with Gasteiger partial charge in [0.2, 0.25) is 0 Å². The molecule has 3 rings (SSSR count). The highest BCUT2D eigenvalue weighted by Gasteiger charge is 2.25. The van der Waals surface area contributed by atoms with E-state index in [1.807, 2.05) is 0 Å². The number of halogens is 1. The predicted octanol–water partition coefficient (Wildman–Crippen LogP) is 2.37. The lowest BCUT2D eigenvalue weighted by Crippen LogP contribution is -2.14. The number of carbonyl (C=O) groups is 2. The second-order valence-electron chi connectivity index (χ2n) is 6.58. The molecule has 34 heavy (non-hydrogen) atoms. The van der Waals surface area contributed by atoms with Gasteiger partial charge in [0, 0.05) is 37.3 Å². The summed E-state index contributed by atoms with van der Waals surface area (Å²) in [5.74, 6) is -2.83. The maximum atomic E-state index is 14.6. The van der Waals surface area contributed by atoms with E-state index in [0.29, 0.717) is 24.3 Å². The highest BCUT2D eigenvalue weighted by Crippen LogP contribution is 2.35. The first-order valence-corrected chi connectivity index (χ1v) is 11.0. The van der Waals surface area contributed by atoms with Gasteiger partial charge in [0.05, 0.1) is 18.4 Å². The van der Waals surface area contributed by atoms with Crippen LogP contribution in [-0.2, 0) is 26.2 Å². The molecule has 0 spiro atoms. The Balaban J connectivity index is 0.000000440. The third-order valence-electron chi connectivity index (χ3n) is 4.23. The molecule has 0 saturated carbocycles. The van der Waals surface area contributed by atoms with Crippen molar-refractivity contribution in [3.63, 3.8) is 0 Å². The van der Waals surface area contributed by atoms with Crippen LogP contribution in [0.25, 0.3) is 11.3 Å². The lowest BCUT2D eigenvalue weighted by atomic mass is 10.1. The van der Waals surface area contributed by atoms with E-state index < -0.39 is 27.8 Å². The van der Waals surface area contributed by atoms with Gasteiger partial charge in [-0.25, -0.2) is 26.4 Å². The fourth-order valence-corrected chi connectivity index (χ4v) is 4.21. The molecule has 0 bridgehead atoms. The topological polar surface area (TPSA) is 148 Å². The maximum Gasteiger partial charge on any atom is 0.328 e. The molecule has 0 aliphatic rings. The summed E-state index contributed by atoms with van der Waals surface area (Å²) < 4.78 is 47.1. The minimum atomic E-state index is -3.95. The Morgan fingerprint density at radius 2 is 1.85 bits per heavy atom. The zero-order valence-corrected chi connectivity index (χ0v) is 19.0. The Hall–Kier alpha value is -4.03. The second-order valence-corrected chi connectivity index (χ2v) is 8.40. The SMILES string of the molecule is CNCc1cc(-c2c(F)cccc2OC)n(S(=O)(=O)c2cccnc2)c1.O=C(O)C=CC(=O)O. The number of carboxylic acid groups (broad SMARTS) is 2. The summed E-state index contributed by atoms with van der Waals surface area (Å²) in [4.78, 5) is 23.0. The summed E-state index contributed by atoms with van der Waals surface area (Å²) in [6.07, 6.45) is 5.34. The predicted molar refractivity (Wildman–Crippen MR) is 120 cm³/mol. The maximum absolute atomic E-state index is 14.6. The van der Waals surface area contributed by atoms with E-state index in [-0.39, 0.29) is 21.9 Å². The molecule has 0 atom stereocenters. The lowest BCUT2D eigenvalue weighted by Gasteiger charge is -2.13. The summed E-state index contributed by atoms with van der Waals surface area (Å²) >= 11 is 0. The molecule has 0 aliphatic carbocycles. The van der Waals surface area contributed by atoms with Gasteiger partial charge in [-0.1, -0.05) is 6.07 Å². The first-order valence-electron chi connectivity index (χ1n) is 9.60. The van der Waals surface area contributed by atoms with Crippen molar-refractivity contribution in [2.75, 3.05) is 14.2 Å². The molecule has 0 amide bonds. The summed E-state index contributed by atoms with van der Waals surface area (Å²) in [6, 6.07) is 8.98. The summed E-state index contributed by atoms with van der Waals surface area (Å²) in [7, 11) is -0.794. The molecule has 0 saturated heterocycles. The Bertz CT molecular complexity index is 1270. The Labute approximate surface area is 195 Å². The third kappa shape index (κ3) is 6.49. The molecule has 12 heteroatoms. The van der Waals surface area contributed by atoms with Crippen LogP contribution in [0.3, 0.4) is 0 Å². The second kappa shape index (κ2) is 11.7. The number of rotatable bonds is 8. The van der Waals surface area contributed by atoms with Gasteiger partial charge in [-0.3, -0.25) is 4.98 Å². The van der Waals surface area contributed by atoms with E-state index in [1.165, 1.54) is 50.0 Å². The van der Waals surface area contributed by atoms with Crippen molar-refractivity contribution in [2.45, 2.75) is 11.4 Å². The number of nitrogens with one attached hydrogen (secondary N) is 1. The normalized spacial score (nSPS) is 11.0. The van der Waals surface area contributed by atoms with Crippen LogP contribution >= 0.6 is 0 Å². The molecule has 1 aromatic carbocycles. The number of hydrogen-bond donors (Lipinski definition) is 3. The summed E-state index contributed by atoms with van der Waals surface area (Å²) in [6.45, 7) is 0.430. The monoisotopic (exact) mass is 491 g/mol. The molecule has 2 aromatic heterocycles. The molecule has 0 radical (unpaired) electrons. The molecule has 180 valence electrons. The average Bonchev–Trinajstić information content (AvgIpc) is 3.23. The van der Waals surface area contributed by atoms with E-state index in [2.05, 4.69) is 10.3 Å². The van der Waals surface area contributed by atoms with E-state index in [1.54, 1.807) is 19.2 Å². The molecule has 3 N–H and O–H groups in total. The largest absolute Gasteiger partial charge is 0.496 e. The number of benzene rings is 1. The van der Waals surface area contributed by atoms with E-state index in [9.17, 15) is 22.4 Å². The molecule has 0 unspecified atom stereocenters. The van der Waals surface area contributed by atoms with Crippen LogP contribution < -0.4 is 10.1 Å². The zero-order valence-electron chi connectivity index (χ0n) is 18.2. The Kier molecular flexibility index (Phi) is 9.04. The zero-order chi connectivity index (χ0) is 25.3.